The SMILES string of the molecule is COc1ccc(-c2nc(C)nc(N3CCCC3)c2N)cc1F. The highest BCUT2D eigenvalue weighted by Gasteiger charge is 2.20. The summed E-state index contributed by atoms with van der Waals surface area (Å²) in [5.74, 6) is 1.14. The molecule has 1 aliphatic rings. The van der Waals surface area contributed by atoms with Crippen LogP contribution in [0.4, 0.5) is 15.9 Å². The number of ether oxygens (including phenoxy) is 1. The number of aromatic nitrogens is 2. The summed E-state index contributed by atoms with van der Waals surface area (Å²) in [6.45, 7) is 3.70. The molecule has 1 saturated heterocycles. The third kappa shape index (κ3) is 2.56. The van der Waals surface area contributed by atoms with E-state index in [1.165, 1.54) is 13.2 Å². The molecule has 1 aromatic heterocycles. The minimum absolute atomic E-state index is 0.202. The number of halogens is 1. The molecule has 1 aliphatic heterocycles. The van der Waals surface area contributed by atoms with E-state index >= 15 is 0 Å². The molecule has 3 rings (SSSR count). The van der Waals surface area contributed by atoms with Gasteiger partial charge in [-0.3, -0.25) is 0 Å². The lowest BCUT2D eigenvalue weighted by Gasteiger charge is -2.20. The molecule has 0 radical (unpaired) electrons. The maximum absolute atomic E-state index is 14.0. The number of nitrogens with zero attached hydrogens (tertiary/aromatic N) is 3. The maximum Gasteiger partial charge on any atom is 0.165 e. The van der Waals surface area contributed by atoms with Crippen LogP contribution >= 0.6 is 0 Å². The molecule has 22 heavy (non-hydrogen) atoms. The highest BCUT2D eigenvalue weighted by Crippen LogP contribution is 2.34. The Hall–Kier alpha value is -2.37. The van der Waals surface area contributed by atoms with Crippen LogP contribution in [0.1, 0.15) is 18.7 Å². The van der Waals surface area contributed by atoms with Gasteiger partial charge in [-0.1, -0.05) is 0 Å². The second-order valence-corrected chi connectivity index (χ2v) is 5.40. The van der Waals surface area contributed by atoms with Gasteiger partial charge < -0.3 is 15.4 Å². The van der Waals surface area contributed by atoms with Gasteiger partial charge in [0.1, 0.15) is 11.5 Å². The molecule has 5 nitrogen and oxygen atoms in total. The fraction of sp³-hybridized carbons (Fsp3) is 0.375. The normalized spacial score (nSPS) is 14.4. The average molecular weight is 302 g/mol. The highest BCUT2D eigenvalue weighted by atomic mass is 19.1. The number of benzene rings is 1. The zero-order valence-corrected chi connectivity index (χ0v) is 12.8. The van der Waals surface area contributed by atoms with Gasteiger partial charge in [0.05, 0.1) is 12.8 Å². The highest BCUT2D eigenvalue weighted by molar-refractivity contribution is 5.81. The van der Waals surface area contributed by atoms with Crippen LogP contribution in [0.3, 0.4) is 0 Å². The standard InChI is InChI=1S/C16H19FN4O/c1-10-19-15(11-5-6-13(22-2)12(17)9-11)14(18)16(20-10)21-7-3-4-8-21/h5-6,9H,3-4,7-8,18H2,1-2H3. The van der Waals surface area contributed by atoms with Gasteiger partial charge in [-0.25, -0.2) is 14.4 Å². The number of nitrogens with two attached hydrogens (primary N) is 1. The van der Waals surface area contributed by atoms with Crippen LogP contribution in [0.5, 0.6) is 5.75 Å². The van der Waals surface area contributed by atoms with Crippen molar-refractivity contribution in [3.8, 4) is 17.0 Å². The van der Waals surface area contributed by atoms with Crippen LogP contribution in [0.15, 0.2) is 18.2 Å². The molecule has 6 heteroatoms. The molecule has 0 amide bonds. The molecule has 116 valence electrons. The quantitative estimate of drug-likeness (QED) is 0.944. The van der Waals surface area contributed by atoms with Gasteiger partial charge in [-0.2, -0.15) is 0 Å². The predicted octanol–water partition coefficient (Wildman–Crippen LogP) is 2.78. The molecule has 0 spiro atoms. The van der Waals surface area contributed by atoms with Gasteiger partial charge in [0.15, 0.2) is 17.4 Å². The summed E-state index contributed by atoms with van der Waals surface area (Å²) in [7, 11) is 1.44. The summed E-state index contributed by atoms with van der Waals surface area (Å²) >= 11 is 0. The fourth-order valence-electron chi connectivity index (χ4n) is 2.77. The molecule has 2 N–H and O–H groups in total. The lowest BCUT2D eigenvalue weighted by atomic mass is 10.1. The molecule has 1 fully saturated rings. The average Bonchev–Trinajstić information content (AvgIpc) is 3.03. The monoisotopic (exact) mass is 302 g/mol. The van der Waals surface area contributed by atoms with E-state index < -0.39 is 5.82 Å². The number of rotatable bonds is 3. The molecule has 2 heterocycles. The number of aryl methyl sites for hydroxylation is 1. The van der Waals surface area contributed by atoms with E-state index in [1.54, 1.807) is 12.1 Å². The molecular formula is C16H19FN4O. The topological polar surface area (TPSA) is 64.3 Å². The van der Waals surface area contributed by atoms with Crippen molar-refractivity contribution in [3.63, 3.8) is 0 Å². The molecule has 0 unspecified atom stereocenters. The molecule has 0 aliphatic carbocycles. The van der Waals surface area contributed by atoms with Crippen molar-refractivity contribution in [2.75, 3.05) is 30.8 Å². The van der Waals surface area contributed by atoms with Gasteiger partial charge in [-0.15, -0.1) is 0 Å². The van der Waals surface area contributed by atoms with Crippen LogP contribution < -0.4 is 15.4 Å². The van der Waals surface area contributed by atoms with Crippen LogP contribution in [0, 0.1) is 12.7 Å². The first-order valence-corrected chi connectivity index (χ1v) is 7.33. The zero-order valence-electron chi connectivity index (χ0n) is 12.8. The Morgan fingerprint density at radius 3 is 2.59 bits per heavy atom. The van der Waals surface area contributed by atoms with Gasteiger partial charge in [0.25, 0.3) is 0 Å². The summed E-state index contributed by atoms with van der Waals surface area (Å²) in [5, 5.41) is 0. The zero-order chi connectivity index (χ0) is 15.7. The molecule has 2 aromatic rings. The fourth-order valence-corrected chi connectivity index (χ4v) is 2.77. The van der Waals surface area contributed by atoms with E-state index in [-0.39, 0.29) is 5.75 Å². The van der Waals surface area contributed by atoms with Crippen molar-refractivity contribution in [2.45, 2.75) is 19.8 Å². The molecule has 1 aromatic carbocycles. The maximum atomic E-state index is 14.0. The molecule has 0 saturated carbocycles. The summed E-state index contributed by atoms with van der Waals surface area (Å²) in [4.78, 5) is 11.0. The summed E-state index contributed by atoms with van der Waals surface area (Å²) in [5.41, 5.74) is 7.95. The van der Waals surface area contributed by atoms with E-state index in [1.807, 2.05) is 6.92 Å². The van der Waals surface area contributed by atoms with Crippen LogP contribution in [-0.4, -0.2) is 30.2 Å². The predicted molar refractivity (Wildman–Crippen MR) is 84.6 cm³/mol. The van der Waals surface area contributed by atoms with Crippen molar-refractivity contribution in [1.82, 2.24) is 9.97 Å². The van der Waals surface area contributed by atoms with Crippen molar-refractivity contribution >= 4 is 11.5 Å². The third-order valence-corrected chi connectivity index (χ3v) is 3.87. The molecular weight excluding hydrogens is 283 g/mol. The lowest BCUT2D eigenvalue weighted by molar-refractivity contribution is 0.386. The van der Waals surface area contributed by atoms with E-state index in [0.717, 1.165) is 31.7 Å². The Labute approximate surface area is 128 Å². The number of nitrogen functional groups attached to an aromatic ring is 1. The van der Waals surface area contributed by atoms with Crippen molar-refractivity contribution in [3.05, 3.63) is 29.8 Å². The first kappa shape index (κ1) is 14.6. The number of methoxy groups -OCH3 is 1. The van der Waals surface area contributed by atoms with Gasteiger partial charge >= 0.3 is 0 Å². The Morgan fingerprint density at radius 1 is 1.23 bits per heavy atom. The first-order chi connectivity index (χ1) is 10.6. The second kappa shape index (κ2) is 5.79. The number of anilines is 2. The van der Waals surface area contributed by atoms with Crippen LogP contribution in [0.2, 0.25) is 0 Å². The molecule has 0 bridgehead atoms. The Balaban J connectivity index is 2.08. The minimum atomic E-state index is -0.432. The smallest absolute Gasteiger partial charge is 0.165 e. The van der Waals surface area contributed by atoms with Crippen molar-refractivity contribution in [2.24, 2.45) is 0 Å². The Kier molecular flexibility index (Phi) is 3.83. The van der Waals surface area contributed by atoms with Crippen LogP contribution in [0.25, 0.3) is 11.3 Å². The van der Waals surface area contributed by atoms with Gasteiger partial charge in [0.2, 0.25) is 0 Å². The largest absolute Gasteiger partial charge is 0.494 e. The van der Waals surface area contributed by atoms with Crippen LogP contribution in [-0.2, 0) is 0 Å². The lowest BCUT2D eigenvalue weighted by Crippen LogP contribution is -2.21. The number of hydrogen-bond acceptors (Lipinski definition) is 5. The van der Waals surface area contributed by atoms with E-state index in [0.29, 0.717) is 22.8 Å². The summed E-state index contributed by atoms with van der Waals surface area (Å²) in [6, 6.07) is 4.73. The Morgan fingerprint density at radius 2 is 1.95 bits per heavy atom. The first-order valence-electron chi connectivity index (χ1n) is 7.33. The number of hydrogen-bond donors (Lipinski definition) is 1. The van der Waals surface area contributed by atoms with E-state index in [4.69, 9.17) is 10.5 Å². The van der Waals surface area contributed by atoms with E-state index in [9.17, 15) is 4.39 Å². The van der Waals surface area contributed by atoms with E-state index in [2.05, 4.69) is 14.9 Å². The summed E-state index contributed by atoms with van der Waals surface area (Å²) < 4.78 is 18.9. The van der Waals surface area contributed by atoms with Gasteiger partial charge in [0, 0.05) is 18.7 Å². The second-order valence-electron chi connectivity index (χ2n) is 5.40. The summed E-state index contributed by atoms with van der Waals surface area (Å²) in [6.07, 6.45) is 2.27. The third-order valence-electron chi connectivity index (χ3n) is 3.87. The van der Waals surface area contributed by atoms with Gasteiger partial charge in [-0.05, 0) is 38.0 Å². The Bertz CT molecular complexity index is 699. The van der Waals surface area contributed by atoms with Crippen molar-refractivity contribution < 1.29 is 9.13 Å². The molecule has 0 atom stereocenters. The van der Waals surface area contributed by atoms with Crippen molar-refractivity contribution in [1.29, 1.82) is 0 Å². The minimum Gasteiger partial charge on any atom is -0.494 e.